The molecule has 82 valence electrons. The fourth-order valence-corrected chi connectivity index (χ4v) is 1.24. The van der Waals surface area contributed by atoms with Gasteiger partial charge in [-0.1, -0.05) is 49.4 Å². The van der Waals surface area contributed by atoms with E-state index in [4.69, 9.17) is 0 Å². The number of aliphatic hydroxyl groups excluding tert-OH is 1. The van der Waals surface area contributed by atoms with Gasteiger partial charge in [0, 0.05) is 13.1 Å². The van der Waals surface area contributed by atoms with Crippen molar-refractivity contribution in [3.8, 4) is 0 Å². The molecule has 0 aliphatic heterocycles. The van der Waals surface area contributed by atoms with Gasteiger partial charge in [-0.2, -0.15) is 0 Å². The van der Waals surface area contributed by atoms with Gasteiger partial charge < -0.3 is 10.4 Å². The number of benzene rings is 1. The molecule has 1 rings (SSSR count). The molecule has 0 aliphatic carbocycles. The summed E-state index contributed by atoms with van der Waals surface area (Å²) in [5, 5.41) is 12.5. The van der Waals surface area contributed by atoms with E-state index < -0.39 is 0 Å². The van der Waals surface area contributed by atoms with E-state index in [1.54, 1.807) is 0 Å². The molecule has 0 aromatic heterocycles. The van der Waals surface area contributed by atoms with E-state index in [9.17, 15) is 5.11 Å². The van der Waals surface area contributed by atoms with Crippen LogP contribution in [0, 0.1) is 0 Å². The Morgan fingerprint density at radius 3 is 2.73 bits per heavy atom. The van der Waals surface area contributed by atoms with Crippen LogP contribution >= 0.6 is 0 Å². The summed E-state index contributed by atoms with van der Waals surface area (Å²) in [5.74, 6) is 0. The first kappa shape index (κ1) is 12.0. The number of nitrogens with one attached hydrogen (secondary N) is 1. The maximum Gasteiger partial charge on any atom is 0.0662 e. The van der Waals surface area contributed by atoms with Crippen molar-refractivity contribution in [2.45, 2.75) is 19.4 Å². The van der Waals surface area contributed by atoms with Crippen LogP contribution in [0.3, 0.4) is 0 Å². The summed E-state index contributed by atoms with van der Waals surface area (Å²) < 4.78 is 0. The third-order valence-corrected chi connectivity index (χ3v) is 2.22. The summed E-state index contributed by atoms with van der Waals surface area (Å²) in [7, 11) is 0. The molecule has 1 unspecified atom stereocenters. The number of hydrogen-bond donors (Lipinski definition) is 2. The number of aliphatic hydroxyl groups is 1. The molecule has 1 atom stereocenters. The van der Waals surface area contributed by atoms with Crippen LogP contribution in [0.5, 0.6) is 0 Å². The minimum Gasteiger partial charge on any atom is -0.392 e. The van der Waals surface area contributed by atoms with Crippen LogP contribution in [0.4, 0.5) is 0 Å². The van der Waals surface area contributed by atoms with E-state index in [0.717, 1.165) is 13.0 Å². The van der Waals surface area contributed by atoms with Crippen LogP contribution in [0.25, 0.3) is 6.08 Å². The van der Waals surface area contributed by atoms with Crippen molar-refractivity contribution >= 4 is 6.08 Å². The zero-order chi connectivity index (χ0) is 10.9. The van der Waals surface area contributed by atoms with Crippen LogP contribution in [0.1, 0.15) is 18.9 Å². The average Bonchev–Trinajstić information content (AvgIpc) is 2.29. The third-order valence-electron chi connectivity index (χ3n) is 2.22. The molecule has 0 bridgehead atoms. The van der Waals surface area contributed by atoms with Gasteiger partial charge in [0.15, 0.2) is 0 Å². The second kappa shape index (κ2) is 7.21. The Morgan fingerprint density at radius 2 is 2.07 bits per heavy atom. The topological polar surface area (TPSA) is 32.3 Å². The molecule has 0 radical (unpaired) electrons. The smallest absolute Gasteiger partial charge is 0.0662 e. The lowest BCUT2D eigenvalue weighted by molar-refractivity contribution is 0.169. The highest BCUT2D eigenvalue weighted by molar-refractivity contribution is 5.48. The normalized spacial score (nSPS) is 13.2. The Balaban J connectivity index is 2.18. The summed E-state index contributed by atoms with van der Waals surface area (Å²) in [4.78, 5) is 0. The second-order valence-corrected chi connectivity index (χ2v) is 3.53. The molecule has 0 spiro atoms. The van der Waals surface area contributed by atoms with Crippen molar-refractivity contribution in [1.82, 2.24) is 5.32 Å². The molecular weight excluding hydrogens is 186 g/mol. The molecule has 2 nitrogen and oxygen atoms in total. The predicted molar refractivity (Wildman–Crippen MR) is 64.6 cm³/mol. The molecule has 15 heavy (non-hydrogen) atoms. The van der Waals surface area contributed by atoms with E-state index in [-0.39, 0.29) is 6.10 Å². The number of hydrogen-bond acceptors (Lipinski definition) is 2. The first-order valence-electron chi connectivity index (χ1n) is 5.43. The fraction of sp³-hybridized carbons (Fsp3) is 0.385. The summed E-state index contributed by atoms with van der Waals surface area (Å²) in [5.41, 5.74) is 1.20. The molecule has 0 amide bonds. The zero-order valence-electron chi connectivity index (χ0n) is 9.19. The molecular formula is C13H19NO. The molecule has 0 fully saturated rings. The average molecular weight is 205 g/mol. The van der Waals surface area contributed by atoms with Crippen LogP contribution in [-0.2, 0) is 0 Å². The van der Waals surface area contributed by atoms with Gasteiger partial charge in [-0.3, -0.25) is 0 Å². The summed E-state index contributed by atoms with van der Waals surface area (Å²) in [6.07, 6.45) is 4.72. The van der Waals surface area contributed by atoms with Gasteiger partial charge in [-0.15, -0.1) is 0 Å². The van der Waals surface area contributed by atoms with Crippen LogP contribution in [0.2, 0.25) is 0 Å². The van der Waals surface area contributed by atoms with Gasteiger partial charge >= 0.3 is 0 Å². The van der Waals surface area contributed by atoms with Crippen molar-refractivity contribution in [2.75, 3.05) is 13.1 Å². The van der Waals surface area contributed by atoms with E-state index in [0.29, 0.717) is 6.54 Å². The van der Waals surface area contributed by atoms with E-state index in [2.05, 4.69) is 29.6 Å². The van der Waals surface area contributed by atoms with E-state index in [1.807, 2.05) is 25.1 Å². The van der Waals surface area contributed by atoms with Gasteiger partial charge in [0.05, 0.1) is 6.10 Å². The quantitative estimate of drug-likeness (QED) is 0.697. The van der Waals surface area contributed by atoms with Crippen molar-refractivity contribution in [1.29, 1.82) is 0 Å². The highest BCUT2D eigenvalue weighted by Crippen LogP contribution is 1.99. The molecule has 0 heterocycles. The SMILES string of the molecule is CCC(O)CNC/C=C/c1ccccc1. The van der Waals surface area contributed by atoms with E-state index >= 15 is 0 Å². The van der Waals surface area contributed by atoms with Crippen molar-refractivity contribution in [3.05, 3.63) is 42.0 Å². The molecule has 2 N–H and O–H groups in total. The summed E-state index contributed by atoms with van der Waals surface area (Å²) in [6, 6.07) is 10.2. The molecule has 0 saturated carbocycles. The van der Waals surface area contributed by atoms with Gasteiger partial charge in [0.1, 0.15) is 0 Å². The van der Waals surface area contributed by atoms with Crippen molar-refractivity contribution < 1.29 is 5.11 Å². The first-order valence-corrected chi connectivity index (χ1v) is 5.43. The second-order valence-electron chi connectivity index (χ2n) is 3.53. The lowest BCUT2D eigenvalue weighted by Crippen LogP contribution is -2.26. The largest absolute Gasteiger partial charge is 0.392 e. The van der Waals surface area contributed by atoms with Crippen molar-refractivity contribution in [3.63, 3.8) is 0 Å². The maximum absolute atomic E-state index is 9.29. The summed E-state index contributed by atoms with van der Waals surface area (Å²) in [6.45, 7) is 3.44. The first-order chi connectivity index (χ1) is 7.33. The molecule has 1 aromatic rings. The molecule has 0 aliphatic rings. The Labute approximate surface area is 91.6 Å². The molecule has 1 aromatic carbocycles. The van der Waals surface area contributed by atoms with Gasteiger partial charge in [0.25, 0.3) is 0 Å². The van der Waals surface area contributed by atoms with Gasteiger partial charge in [0.2, 0.25) is 0 Å². The predicted octanol–water partition coefficient (Wildman–Crippen LogP) is 2.06. The minimum atomic E-state index is -0.227. The van der Waals surface area contributed by atoms with Crippen LogP contribution in [-0.4, -0.2) is 24.3 Å². The van der Waals surface area contributed by atoms with E-state index in [1.165, 1.54) is 5.56 Å². The molecule has 0 saturated heterocycles. The van der Waals surface area contributed by atoms with Crippen molar-refractivity contribution in [2.24, 2.45) is 0 Å². The number of rotatable bonds is 6. The van der Waals surface area contributed by atoms with Gasteiger partial charge in [-0.05, 0) is 12.0 Å². The zero-order valence-corrected chi connectivity index (χ0v) is 9.19. The Hall–Kier alpha value is -1.12. The Kier molecular flexibility index (Phi) is 5.74. The highest BCUT2D eigenvalue weighted by atomic mass is 16.3. The monoisotopic (exact) mass is 205 g/mol. The molecule has 2 heteroatoms. The van der Waals surface area contributed by atoms with Crippen LogP contribution in [0.15, 0.2) is 36.4 Å². The van der Waals surface area contributed by atoms with Gasteiger partial charge in [-0.25, -0.2) is 0 Å². The third kappa shape index (κ3) is 5.35. The summed E-state index contributed by atoms with van der Waals surface area (Å²) >= 11 is 0. The lowest BCUT2D eigenvalue weighted by Gasteiger charge is -2.06. The Bertz CT molecular complexity index is 282. The lowest BCUT2D eigenvalue weighted by atomic mass is 10.2. The minimum absolute atomic E-state index is 0.227. The Morgan fingerprint density at radius 1 is 1.33 bits per heavy atom. The van der Waals surface area contributed by atoms with Crippen LogP contribution < -0.4 is 5.32 Å². The standard InChI is InChI=1S/C13H19NO/c1-2-13(15)11-14-10-6-9-12-7-4-3-5-8-12/h3-9,13-15H,2,10-11H2,1H3/b9-6+. The fourth-order valence-electron chi connectivity index (χ4n) is 1.24. The highest BCUT2D eigenvalue weighted by Gasteiger charge is 1.96. The maximum atomic E-state index is 9.29.